The topological polar surface area (TPSA) is 17.8 Å². The quantitative estimate of drug-likeness (QED) is 0.196. The molecular formula is C40H34N2. The van der Waals surface area contributed by atoms with Crippen molar-refractivity contribution in [2.45, 2.75) is 20.8 Å². The van der Waals surface area contributed by atoms with Gasteiger partial charge in [-0.05, 0) is 89.6 Å². The smallest absolute Gasteiger partial charge is 0.145 e. The third-order valence-corrected chi connectivity index (χ3v) is 7.91. The highest BCUT2D eigenvalue weighted by atomic mass is 15.1. The molecule has 0 bridgehead atoms. The molecule has 0 N–H and O–H groups in total. The van der Waals surface area contributed by atoms with E-state index in [1.165, 1.54) is 33.4 Å². The van der Waals surface area contributed by atoms with Gasteiger partial charge in [-0.3, -0.25) is 4.57 Å². The third-order valence-electron chi connectivity index (χ3n) is 7.91. The second-order valence-corrected chi connectivity index (χ2v) is 10.4. The van der Waals surface area contributed by atoms with Crippen LogP contribution in [0.3, 0.4) is 0 Å². The summed E-state index contributed by atoms with van der Waals surface area (Å²) in [7, 11) is 0. The van der Waals surface area contributed by atoms with Crippen LogP contribution in [0.5, 0.6) is 0 Å². The molecule has 42 heavy (non-hydrogen) atoms. The number of benzene rings is 5. The van der Waals surface area contributed by atoms with Gasteiger partial charge in [-0.2, -0.15) is 0 Å². The maximum absolute atomic E-state index is 5.19. The Labute approximate surface area is 248 Å². The van der Waals surface area contributed by atoms with Crippen LogP contribution in [0.1, 0.15) is 41.7 Å². The van der Waals surface area contributed by atoms with Crippen LogP contribution in [0.25, 0.3) is 57.0 Å². The molecule has 0 radical (unpaired) electrons. The van der Waals surface area contributed by atoms with E-state index in [0.717, 1.165) is 39.2 Å². The lowest BCUT2D eigenvalue weighted by atomic mass is 9.86. The minimum atomic E-state index is 0.936. The zero-order valence-corrected chi connectivity index (χ0v) is 24.4. The van der Waals surface area contributed by atoms with Crippen molar-refractivity contribution < 1.29 is 0 Å². The van der Waals surface area contributed by atoms with Gasteiger partial charge in [-0.15, -0.1) is 0 Å². The van der Waals surface area contributed by atoms with Gasteiger partial charge in [0, 0.05) is 11.3 Å². The summed E-state index contributed by atoms with van der Waals surface area (Å²) in [6.45, 7) is 10.4. The fourth-order valence-electron chi connectivity index (χ4n) is 5.90. The molecule has 2 heteroatoms. The SMILES string of the molecule is C=Cc1ccc(-c2ccccc2/C(=C\C)c2ccc3c(c2)nc(-c2ccccc2)n3-c2ccccc2)c(C)c1/C=C\C. The van der Waals surface area contributed by atoms with Crippen molar-refractivity contribution in [3.05, 3.63) is 162 Å². The van der Waals surface area contributed by atoms with Crippen molar-refractivity contribution in [3.63, 3.8) is 0 Å². The average molecular weight is 543 g/mol. The molecule has 0 aliphatic rings. The summed E-state index contributed by atoms with van der Waals surface area (Å²) < 4.78 is 2.25. The highest BCUT2D eigenvalue weighted by molar-refractivity contribution is 5.94. The lowest BCUT2D eigenvalue weighted by Gasteiger charge is -2.18. The first-order chi connectivity index (χ1) is 20.6. The third kappa shape index (κ3) is 4.82. The molecule has 1 heterocycles. The predicted octanol–water partition coefficient (Wildman–Crippen LogP) is 10.8. The van der Waals surface area contributed by atoms with E-state index in [9.17, 15) is 0 Å². The summed E-state index contributed by atoms with van der Waals surface area (Å²) in [5.74, 6) is 0.936. The summed E-state index contributed by atoms with van der Waals surface area (Å²) in [6, 6.07) is 40.6. The van der Waals surface area contributed by atoms with Crippen LogP contribution in [-0.2, 0) is 0 Å². The number of imidazole rings is 1. The molecular weight excluding hydrogens is 508 g/mol. The molecule has 5 aromatic carbocycles. The molecule has 0 unspecified atom stereocenters. The highest BCUT2D eigenvalue weighted by Gasteiger charge is 2.18. The summed E-state index contributed by atoms with van der Waals surface area (Å²) in [5.41, 5.74) is 13.8. The molecule has 0 amide bonds. The van der Waals surface area contributed by atoms with Crippen molar-refractivity contribution in [1.29, 1.82) is 0 Å². The Kier molecular flexibility index (Phi) is 7.53. The van der Waals surface area contributed by atoms with Crippen molar-refractivity contribution in [2.24, 2.45) is 0 Å². The van der Waals surface area contributed by atoms with Gasteiger partial charge >= 0.3 is 0 Å². The van der Waals surface area contributed by atoms with Gasteiger partial charge in [0.2, 0.25) is 0 Å². The second kappa shape index (κ2) is 11.7. The first-order valence-electron chi connectivity index (χ1n) is 14.4. The van der Waals surface area contributed by atoms with E-state index in [-0.39, 0.29) is 0 Å². The van der Waals surface area contributed by atoms with E-state index in [2.05, 4.69) is 153 Å². The zero-order chi connectivity index (χ0) is 29.1. The van der Waals surface area contributed by atoms with Crippen LogP contribution < -0.4 is 0 Å². The number of aromatic nitrogens is 2. The first kappa shape index (κ1) is 27.0. The van der Waals surface area contributed by atoms with Crippen LogP contribution in [0.15, 0.2) is 134 Å². The van der Waals surface area contributed by atoms with Gasteiger partial charge in [0.05, 0.1) is 11.0 Å². The summed E-state index contributed by atoms with van der Waals surface area (Å²) in [6.07, 6.45) is 8.42. The van der Waals surface area contributed by atoms with Crippen LogP contribution in [0.2, 0.25) is 0 Å². The lowest BCUT2D eigenvalue weighted by molar-refractivity contribution is 1.10. The van der Waals surface area contributed by atoms with E-state index in [1.54, 1.807) is 0 Å². The fourth-order valence-corrected chi connectivity index (χ4v) is 5.90. The predicted molar refractivity (Wildman–Crippen MR) is 181 cm³/mol. The molecule has 0 aliphatic carbocycles. The van der Waals surface area contributed by atoms with Gasteiger partial charge in [0.1, 0.15) is 5.82 Å². The number of nitrogens with zero attached hydrogens (tertiary/aromatic N) is 2. The number of fused-ring (bicyclic) bond motifs is 1. The van der Waals surface area contributed by atoms with E-state index in [0.29, 0.717) is 0 Å². The molecule has 2 nitrogen and oxygen atoms in total. The largest absolute Gasteiger partial charge is 0.292 e. The molecule has 0 fully saturated rings. The van der Waals surface area contributed by atoms with Crippen LogP contribution in [-0.4, -0.2) is 9.55 Å². The molecule has 6 rings (SSSR count). The maximum atomic E-state index is 5.19. The number of hydrogen-bond acceptors (Lipinski definition) is 1. The molecule has 0 spiro atoms. The molecule has 0 aliphatic heterocycles. The molecule has 1 aromatic heterocycles. The van der Waals surface area contributed by atoms with Gasteiger partial charge in [-0.1, -0.05) is 122 Å². The minimum Gasteiger partial charge on any atom is -0.292 e. The second-order valence-electron chi connectivity index (χ2n) is 10.4. The summed E-state index contributed by atoms with van der Waals surface area (Å²) >= 11 is 0. The van der Waals surface area contributed by atoms with Gasteiger partial charge in [0.25, 0.3) is 0 Å². The Morgan fingerprint density at radius 3 is 2.19 bits per heavy atom. The fraction of sp³-hybridized carbons (Fsp3) is 0.0750. The van der Waals surface area contributed by atoms with E-state index < -0.39 is 0 Å². The van der Waals surface area contributed by atoms with Gasteiger partial charge < -0.3 is 0 Å². The maximum Gasteiger partial charge on any atom is 0.145 e. The number of para-hydroxylation sites is 1. The Morgan fingerprint density at radius 1 is 0.762 bits per heavy atom. The molecule has 0 saturated heterocycles. The minimum absolute atomic E-state index is 0.936. The monoisotopic (exact) mass is 542 g/mol. The van der Waals surface area contributed by atoms with Crippen molar-refractivity contribution >= 4 is 28.8 Å². The van der Waals surface area contributed by atoms with Crippen LogP contribution in [0.4, 0.5) is 0 Å². The van der Waals surface area contributed by atoms with Gasteiger partial charge in [0.15, 0.2) is 0 Å². The van der Waals surface area contributed by atoms with Crippen molar-refractivity contribution in [2.75, 3.05) is 0 Å². The Morgan fingerprint density at radius 2 is 1.48 bits per heavy atom. The molecule has 0 atom stereocenters. The Balaban J connectivity index is 1.52. The summed E-state index contributed by atoms with van der Waals surface area (Å²) in [4.78, 5) is 5.19. The van der Waals surface area contributed by atoms with E-state index >= 15 is 0 Å². The van der Waals surface area contributed by atoms with Crippen molar-refractivity contribution in [1.82, 2.24) is 9.55 Å². The van der Waals surface area contributed by atoms with E-state index in [4.69, 9.17) is 4.98 Å². The summed E-state index contributed by atoms with van der Waals surface area (Å²) in [5, 5.41) is 0. The lowest BCUT2D eigenvalue weighted by Crippen LogP contribution is -1.97. The van der Waals surface area contributed by atoms with Crippen LogP contribution in [0, 0.1) is 6.92 Å². The normalized spacial score (nSPS) is 11.8. The Bertz CT molecular complexity index is 1950. The first-order valence-corrected chi connectivity index (χ1v) is 14.4. The van der Waals surface area contributed by atoms with Crippen LogP contribution >= 0.6 is 0 Å². The highest BCUT2D eigenvalue weighted by Crippen LogP contribution is 2.38. The number of rotatable bonds is 7. The Hall–Kier alpha value is -5.21. The standard InChI is InChI=1S/C40H34N2/c1-5-16-34-28(4)35(25-23-29(34)6-2)37-22-15-14-21-36(37)33(7-3)31-24-26-39-38(27-31)41-40(30-17-10-8-11-18-30)42(39)32-19-12-9-13-20-32/h5-27H,2H2,1,3-4H3/b16-5-,33-7-. The number of hydrogen-bond donors (Lipinski definition) is 0. The molecule has 204 valence electrons. The average Bonchev–Trinajstić information content (AvgIpc) is 3.43. The molecule has 6 aromatic rings. The number of allylic oxidation sites excluding steroid dienone is 2. The van der Waals surface area contributed by atoms with E-state index in [1.807, 2.05) is 18.2 Å². The van der Waals surface area contributed by atoms with Crippen molar-refractivity contribution in [3.8, 4) is 28.2 Å². The zero-order valence-electron chi connectivity index (χ0n) is 24.4. The molecule has 0 saturated carbocycles. The van der Waals surface area contributed by atoms with Gasteiger partial charge in [-0.25, -0.2) is 4.98 Å².